The number of halogens is 2. The number of H-pyrrole nitrogens is 1. The highest BCUT2D eigenvalue weighted by atomic mass is 35.5. The molecule has 4 rings (SSSR count). The zero-order chi connectivity index (χ0) is 22.5. The molecule has 1 unspecified atom stereocenters. The number of nitrogens with one attached hydrogen (secondary N) is 2. The fourth-order valence-corrected chi connectivity index (χ4v) is 4.46. The molecule has 1 fully saturated rings. The molecule has 0 bridgehead atoms. The molecule has 1 amide bonds. The van der Waals surface area contributed by atoms with Crippen LogP contribution >= 0.6 is 24.0 Å². The van der Waals surface area contributed by atoms with Gasteiger partial charge in [-0.2, -0.15) is 0 Å². The highest BCUT2D eigenvalue weighted by Gasteiger charge is 2.22. The summed E-state index contributed by atoms with van der Waals surface area (Å²) in [6.07, 6.45) is 5.77. The molecule has 0 aliphatic carbocycles. The Bertz CT molecular complexity index is 1030. The SMILES string of the molecule is CC(C)N1CCC(COCC(NC(=O)c2ccc3c(Cl)c[nH]c3c2)c2ccccn2)CC1.Cl. The number of fused-ring (bicyclic) bond motifs is 1. The summed E-state index contributed by atoms with van der Waals surface area (Å²) in [5, 5.41) is 4.64. The van der Waals surface area contributed by atoms with Gasteiger partial charge in [-0.3, -0.25) is 9.78 Å². The Morgan fingerprint density at radius 1 is 1.27 bits per heavy atom. The number of hydrogen-bond acceptors (Lipinski definition) is 4. The van der Waals surface area contributed by atoms with Gasteiger partial charge in [0.2, 0.25) is 0 Å². The van der Waals surface area contributed by atoms with Crippen LogP contribution < -0.4 is 5.32 Å². The fourth-order valence-electron chi connectivity index (χ4n) is 4.25. The minimum atomic E-state index is -0.317. The van der Waals surface area contributed by atoms with Crippen molar-refractivity contribution in [2.45, 2.75) is 38.8 Å². The predicted molar refractivity (Wildman–Crippen MR) is 135 cm³/mol. The van der Waals surface area contributed by atoms with Gasteiger partial charge >= 0.3 is 0 Å². The van der Waals surface area contributed by atoms with Gasteiger partial charge in [0.05, 0.1) is 23.4 Å². The van der Waals surface area contributed by atoms with Crippen LogP contribution in [-0.2, 0) is 4.74 Å². The quantitative estimate of drug-likeness (QED) is 0.452. The van der Waals surface area contributed by atoms with Gasteiger partial charge in [-0.25, -0.2) is 0 Å². The summed E-state index contributed by atoms with van der Waals surface area (Å²) in [4.78, 5) is 23.1. The normalized spacial score (nSPS) is 16.0. The Kier molecular flexibility index (Phi) is 9.15. The molecule has 1 aliphatic heterocycles. The molecule has 178 valence electrons. The highest BCUT2D eigenvalue weighted by molar-refractivity contribution is 6.35. The first-order valence-electron chi connectivity index (χ1n) is 11.3. The van der Waals surface area contributed by atoms with E-state index in [9.17, 15) is 4.79 Å². The predicted octanol–water partition coefficient (Wildman–Crippen LogP) is 5.25. The maximum absolute atomic E-state index is 13.0. The van der Waals surface area contributed by atoms with E-state index in [0.717, 1.165) is 42.5 Å². The minimum absolute atomic E-state index is 0. The number of carbonyl (C=O) groups excluding carboxylic acids is 1. The number of amides is 1. The van der Waals surface area contributed by atoms with Gasteiger partial charge in [0.15, 0.2) is 0 Å². The van der Waals surface area contributed by atoms with Crippen LogP contribution in [0.15, 0.2) is 48.8 Å². The number of aromatic nitrogens is 2. The third kappa shape index (κ3) is 6.48. The Morgan fingerprint density at radius 2 is 2.06 bits per heavy atom. The summed E-state index contributed by atoms with van der Waals surface area (Å²) >= 11 is 6.15. The molecule has 2 aromatic heterocycles. The first-order chi connectivity index (χ1) is 15.5. The van der Waals surface area contributed by atoms with Crippen molar-refractivity contribution >= 4 is 40.8 Å². The summed E-state index contributed by atoms with van der Waals surface area (Å²) < 4.78 is 6.10. The number of carbonyl (C=O) groups is 1. The van der Waals surface area contributed by atoms with Crippen molar-refractivity contribution in [1.82, 2.24) is 20.2 Å². The number of rotatable bonds is 8. The summed E-state index contributed by atoms with van der Waals surface area (Å²) in [6.45, 7) is 7.84. The summed E-state index contributed by atoms with van der Waals surface area (Å²) in [5.41, 5.74) is 2.19. The second-order valence-corrected chi connectivity index (χ2v) is 9.20. The lowest BCUT2D eigenvalue weighted by Crippen LogP contribution is -2.39. The molecule has 0 saturated carbocycles. The molecule has 33 heavy (non-hydrogen) atoms. The molecule has 0 radical (unpaired) electrons. The number of piperidine rings is 1. The lowest BCUT2D eigenvalue weighted by atomic mass is 9.97. The third-order valence-corrected chi connectivity index (χ3v) is 6.57. The number of aromatic amines is 1. The van der Waals surface area contributed by atoms with Crippen molar-refractivity contribution in [3.8, 4) is 0 Å². The van der Waals surface area contributed by atoms with Crippen LogP contribution in [0.2, 0.25) is 5.02 Å². The number of hydrogen-bond donors (Lipinski definition) is 2. The first-order valence-corrected chi connectivity index (χ1v) is 11.7. The van der Waals surface area contributed by atoms with E-state index in [1.165, 1.54) is 0 Å². The summed E-state index contributed by atoms with van der Waals surface area (Å²) in [6, 6.07) is 11.5. The van der Waals surface area contributed by atoms with E-state index in [1.807, 2.05) is 30.3 Å². The molecular formula is C25H32Cl2N4O2. The maximum atomic E-state index is 13.0. The van der Waals surface area contributed by atoms with Crippen LogP contribution in [0.1, 0.15) is 48.8 Å². The Morgan fingerprint density at radius 3 is 2.76 bits per heavy atom. The average molecular weight is 491 g/mol. The van der Waals surface area contributed by atoms with Crippen LogP contribution in [0.3, 0.4) is 0 Å². The minimum Gasteiger partial charge on any atom is -0.379 e. The zero-order valence-corrected chi connectivity index (χ0v) is 20.7. The van der Waals surface area contributed by atoms with Crippen molar-refractivity contribution in [2.24, 2.45) is 5.92 Å². The van der Waals surface area contributed by atoms with Crippen molar-refractivity contribution in [3.63, 3.8) is 0 Å². The van der Waals surface area contributed by atoms with E-state index in [4.69, 9.17) is 16.3 Å². The second-order valence-electron chi connectivity index (χ2n) is 8.79. The lowest BCUT2D eigenvalue weighted by Gasteiger charge is -2.34. The lowest BCUT2D eigenvalue weighted by molar-refractivity contribution is 0.0468. The molecule has 8 heteroatoms. The topological polar surface area (TPSA) is 70.2 Å². The molecule has 2 N–H and O–H groups in total. The standard InChI is InChI=1S/C25H31ClN4O2.ClH/c1-17(2)30-11-8-18(9-12-30)15-32-16-24(22-5-3-4-10-27-22)29-25(31)19-6-7-20-21(26)14-28-23(20)13-19;/h3-7,10,13-14,17-18,24,28H,8-9,11-12,15-16H2,1-2H3,(H,29,31);1H. The van der Waals surface area contributed by atoms with Gasteiger partial charge < -0.3 is 19.9 Å². The third-order valence-electron chi connectivity index (χ3n) is 6.26. The van der Waals surface area contributed by atoms with Gasteiger partial charge in [-0.05, 0) is 70.0 Å². The van der Waals surface area contributed by atoms with Gasteiger partial charge in [-0.15, -0.1) is 12.4 Å². The largest absolute Gasteiger partial charge is 0.379 e. The summed E-state index contributed by atoms with van der Waals surface area (Å²) in [7, 11) is 0. The van der Waals surface area contributed by atoms with E-state index >= 15 is 0 Å². The Balaban J connectivity index is 0.00000306. The van der Waals surface area contributed by atoms with Crippen LogP contribution in [-0.4, -0.2) is 53.1 Å². The molecule has 0 spiro atoms. The van der Waals surface area contributed by atoms with Crippen LogP contribution in [0.5, 0.6) is 0 Å². The van der Waals surface area contributed by atoms with Crippen LogP contribution in [0.4, 0.5) is 0 Å². The second kappa shape index (κ2) is 11.8. The van der Waals surface area contributed by atoms with Gasteiger partial charge in [0.1, 0.15) is 0 Å². The van der Waals surface area contributed by atoms with E-state index in [2.05, 4.69) is 34.0 Å². The zero-order valence-electron chi connectivity index (χ0n) is 19.1. The Labute approximate surface area is 206 Å². The van der Waals surface area contributed by atoms with Crippen molar-refractivity contribution in [1.29, 1.82) is 0 Å². The molecule has 6 nitrogen and oxygen atoms in total. The van der Waals surface area contributed by atoms with Crippen molar-refractivity contribution in [3.05, 3.63) is 65.1 Å². The molecule has 3 aromatic rings. The van der Waals surface area contributed by atoms with Gasteiger partial charge in [0.25, 0.3) is 5.91 Å². The monoisotopic (exact) mass is 490 g/mol. The molecular weight excluding hydrogens is 459 g/mol. The summed E-state index contributed by atoms with van der Waals surface area (Å²) in [5.74, 6) is 0.396. The number of benzene rings is 1. The number of ether oxygens (including phenoxy) is 1. The highest BCUT2D eigenvalue weighted by Crippen LogP contribution is 2.24. The Hall–Kier alpha value is -2.12. The van der Waals surface area contributed by atoms with E-state index in [1.54, 1.807) is 18.5 Å². The van der Waals surface area contributed by atoms with Crippen molar-refractivity contribution in [2.75, 3.05) is 26.3 Å². The average Bonchev–Trinajstić information content (AvgIpc) is 3.19. The maximum Gasteiger partial charge on any atom is 0.251 e. The molecule has 1 aromatic carbocycles. The van der Waals surface area contributed by atoms with Gasteiger partial charge in [0, 0.05) is 41.5 Å². The smallest absolute Gasteiger partial charge is 0.251 e. The number of likely N-dealkylation sites (tertiary alicyclic amines) is 1. The van der Waals surface area contributed by atoms with Crippen LogP contribution in [0, 0.1) is 5.92 Å². The first kappa shape index (κ1) is 25.5. The van der Waals surface area contributed by atoms with Crippen molar-refractivity contribution < 1.29 is 9.53 Å². The van der Waals surface area contributed by atoms with Crippen LogP contribution in [0.25, 0.3) is 10.9 Å². The number of nitrogens with zero attached hydrogens (tertiary/aromatic N) is 2. The number of pyridine rings is 1. The fraction of sp³-hybridized carbons (Fsp3) is 0.440. The van der Waals surface area contributed by atoms with E-state index < -0.39 is 0 Å². The molecule has 1 atom stereocenters. The van der Waals surface area contributed by atoms with Gasteiger partial charge in [-0.1, -0.05) is 23.7 Å². The molecule has 1 saturated heterocycles. The van der Waals surface area contributed by atoms with E-state index in [-0.39, 0.29) is 24.4 Å². The molecule has 3 heterocycles. The van der Waals surface area contributed by atoms with E-state index in [0.29, 0.717) is 35.8 Å². The molecule has 1 aliphatic rings.